The monoisotopic (exact) mass is 295 g/mol. The van der Waals surface area contributed by atoms with E-state index >= 15 is 0 Å². The van der Waals surface area contributed by atoms with Gasteiger partial charge in [-0.05, 0) is 19.1 Å². The van der Waals surface area contributed by atoms with Gasteiger partial charge in [0.2, 0.25) is 5.91 Å². The molecule has 0 spiro atoms. The first-order valence-electron chi connectivity index (χ1n) is 6.73. The van der Waals surface area contributed by atoms with E-state index in [1.807, 2.05) is 31.2 Å². The summed E-state index contributed by atoms with van der Waals surface area (Å²) < 4.78 is 10.2. The SMILES string of the molecule is COCCC(NC(=O)CCOc1ccc(C)cc1)C(=O)O. The number of carboxylic acids is 1. The van der Waals surface area contributed by atoms with Crippen molar-refractivity contribution < 1.29 is 24.2 Å². The van der Waals surface area contributed by atoms with Gasteiger partial charge in [0.15, 0.2) is 0 Å². The Morgan fingerprint density at radius 2 is 1.90 bits per heavy atom. The van der Waals surface area contributed by atoms with E-state index in [1.165, 1.54) is 7.11 Å². The van der Waals surface area contributed by atoms with Crippen LogP contribution >= 0.6 is 0 Å². The molecule has 1 atom stereocenters. The Morgan fingerprint density at radius 3 is 2.48 bits per heavy atom. The fourth-order valence-electron chi connectivity index (χ4n) is 1.66. The summed E-state index contributed by atoms with van der Waals surface area (Å²) >= 11 is 0. The van der Waals surface area contributed by atoms with Crippen molar-refractivity contribution in [3.8, 4) is 5.75 Å². The van der Waals surface area contributed by atoms with E-state index in [0.29, 0.717) is 5.75 Å². The van der Waals surface area contributed by atoms with Crippen LogP contribution in [-0.2, 0) is 14.3 Å². The lowest BCUT2D eigenvalue weighted by Gasteiger charge is -2.14. The summed E-state index contributed by atoms with van der Waals surface area (Å²) in [7, 11) is 1.48. The van der Waals surface area contributed by atoms with Crippen molar-refractivity contribution in [2.24, 2.45) is 0 Å². The molecule has 6 heteroatoms. The second-order valence-corrected chi connectivity index (χ2v) is 4.65. The summed E-state index contributed by atoms with van der Waals surface area (Å²) in [6, 6.07) is 6.55. The van der Waals surface area contributed by atoms with Crippen molar-refractivity contribution >= 4 is 11.9 Å². The minimum absolute atomic E-state index is 0.102. The lowest BCUT2D eigenvalue weighted by Crippen LogP contribution is -2.41. The first-order valence-corrected chi connectivity index (χ1v) is 6.73. The maximum Gasteiger partial charge on any atom is 0.326 e. The molecule has 1 aromatic carbocycles. The smallest absolute Gasteiger partial charge is 0.326 e. The van der Waals surface area contributed by atoms with Crippen molar-refractivity contribution in [2.45, 2.75) is 25.8 Å². The van der Waals surface area contributed by atoms with Crippen molar-refractivity contribution in [3.63, 3.8) is 0 Å². The molecule has 1 amide bonds. The van der Waals surface area contributed by atoms with Gasteiger partial charge in [0.05, 0.1) is 13.0 Å². The van der Waals surface area contributed by atoms with Crippen LogP contribution in [0, 0.1) is 6.92 Å². The normalized spacial score (nSPS) is 11.7. The van der Waals surface area contributed by atoms with E-state index in [0.717, 1.165) is 5.56 Å². The van der Waals surface area contributed by atoms with Crippen LogP contribution in [0.3, 0.4) is 0 Å². The lowest BCUT2D eigenvalue weighted by atomic mass is 10.2. The number of aryl methyl sites for hydroxylation is 1. The molecule has 0 aliphatic rings. The molecule has 0 aliphatic carbocycles. The minimum atomic E-state index is -1.07. The molecule has 0 radical (unpaired) electrons. The van der Waals surface area contributed by atoms with Crippen LogP contribution in [0.2, 0.25) is 0 Å². The van der Waals surface area contributed by atoms with Crippen molar-refractivity contribution in [1.82, 2.24) is 5.32 Å². The number of hydrogen-bond acceptors (Lipinski definition) is 4. The van der Waals surface area contributed by atoms with Crippen LogP contribution in [-0.4, -0.2) is 43.3 Å². The van der Waals surface area contributed by atoms with Gasteiger partial charge in [-0.1, -0.05) is 17.7 Å². The number of rotatable bonds is 9. The van der Waals surface area contributed by atoms with Crippen molar-refractivity contribution in [3.05, 3.63) is 29.8 Å². The zero-order chi connectivity index (χ0) is 15.7. The highest BCUT2D eigenvalue weighted by Gasteiger charge is 2.19. The highest BCUT2D eigenvalue weighted by Crippen LogP contribution is 2.11. The number of amides is 1. The summed E-state index contributed by atoms with van der Waals surface area (Å²) in [5.41, 5.74) is 1.13. The minimum Gasteiger partial charge on any atom is -0.493 e. The summed E-state index contributed by atoms with van der Waals surface area (Å²) in [5.74, 6) is -0.743. The van der Waals surface area contributed by atoms with Gasteiger partial charge in [-0.3, -0.25) is 4.79 Å². The quantitative estimate of drug-likeness (QED) is 0.718. The standard InChI is InChI=1S/C15H21NO5/c1-11-3-5-12(6-4-11)21-10-8-14(17)16-13(15(18)19)7-9-20-2/h3-6,13H,7-10H2,1-2H3,(H,16,17)(H,18,19). The third-order valence-electron chi connectivity index (χ3n) is 2.86. The molecule has 1 rings (SSSR count). The number of carbonyl (C=O) groups is 2. The summed E-state index contributed by atoms with van der Waals surface area (Å²) in [5, 5.41) is 11.4. The third kappa shape index (κ3) is 6.76. The molecule has 0 aliphatic heterocycles. The number of aliphatic carboxylic acids is 1. The zero-order valence-corrected chi connectivity index (χ0v) is 12.3. The molecule has 116 valence electrons. The second-order valence-electron chi connectivity index (χ2n) is 4.65. The molecule has 0 saturated heterocycles. The number of nitrogens with one attached hydrogen (secondary N) is 1. The predicted octanol–water partition coefficient (Wildman–Crippen LogP) is 1.37. The predicted molar refractivity (Wildman–Crippen MR) is 77.4 cm³/mol. The van der Waals surface area contributed by atoms with Gasteiger partial charge in [0, 0.05) is 20.1 Å². The molecule has 0 fully saturated rings. The Balaban J connectivity index is 2.32. The van der Waals surface area contributed by atoms with Gasteiger partial charge in [-0.15, -0.1) is 0 Å². The number of ether oxygens (including phenoxy) is 2. The first kappa shape index (κ1) is 17.0. The van der Waals surface area contributed by atoms with Gasteiger partial charge in [0.1, 0.15) is 11.8 Å². The van der Waals surface area contributed by atoms with Crippen LogP contribution in [0.25, 0.3) is 0 Å². The van der Waals surface area contributed by atoms with Crippen molar-refractivity contribution in [2.75, 3.05) is 20.3 Å². The molecule has 1 aromatic rings. The fraction of sp³-hybridized carbons (Fsp3) is 0.467. The van der Waals surface area contributed by atoms with Crippen LogP contribution < -0.4 is 10.1 Å². The highest BCUT2D eigenvalue weighted by atomic mass is 16.5. The molecule has 1 unspecified atom stereocenters. The summed E-state index contributed by atoms with van der Waals surface area (Å²) in [6.45, 7) is 2.45. The van der Waals surface area contributed by atoms with Gasteiger partial charge in [-0.25, -0.2) is 4.79 Å². The molecule has 21 heavy (non-hydrogen) atoms. The van der Waals surface area contributed by atoms with Crippen LogP contribution in [0.5, 0.6) is 5.75 Å². The maximum absolute atomic E-state index is 11.7. The number of hydrogen-bond donors (Lipinski definition) is 2. The Morgan fingerprint density at radius 1 is 1.24 bits per heavy atom. The Bertz CT molecular complexity index is 458. The van der Waals surface area contributed by atoms with Gasteiger partial charge < -0.3 is 19.9 Å². The molecule has 0 bridgehead atoms. The zero-order valence-electron chi connectivity index (χ0n) is 12.3. The molecular formula is C15H21NO5. The van der Waals surface area contributed by atoms with Gasteiger partial charge in [-0.2, -0.15) is 0 Å². The third-order valence-corrected chi connectivity index (χ3v) is 2.86. The maximum atomic E-state index is 11.7. The van der Waals surface area contributed by atoms with Crippen molar-refractivity contribution in [1.29, 1.82) is 0 Å². The number of carbonyl (C=O) groups excluding carboxylic acids is 1. The molecule has 0 saturated carbocycles. The van der Waals surface area contributed by atoms with Gasteiger partial charge in [0.25, 0.3) is 0 Å². The van der Waals surface area contributed by atoms with E-state index < -0.39 is 12.0 Å². The van der Waals surface area contributed by atoms with E-state index in [2.05, 4.69) is 5.32 Å². The van der Waals surface area contributed by atoms with E-state index in [1.54, 1.807) is 0 Å². The Kier molecular flexibility index (Phi) is 7.25. The molecular weight excluding hydrogens is 274 g/mol. The van der Waals surface area contributed by atoms with E-state index in [-0.39, 0.29) is 32.0 Å². The largest absolute Gasteiger partial charge is 0.493 e. The van der Waals surface area contributed by atoms with Crippen LogP contribution in [0.4, 0.5) is 0 Å². The average Bonchev–Trinajstić information content (AvgIpc) is 2.45. The lowest BCUT2D eigenvalue weighted by molar-refractivity contribution is -0.142. The Labute approximate surface area is 124 Å². The van der Waals surface area contributed by atoms with Gasteiger partial charge >= 0.3 is 5.97 Å². The highest BCUT2D eigenvalue weighted by molar-refractivity contribution is 5.83. The number of benzene rings is 1. The second kappa shape index (κ2) is 8.97. The molecule has 6 nitrogen and oxygen atoms in total. The molecule has 0 aromatic heterocycles. The van der Waals surface area contributed by atoms with Crippen LogP contribution in [0.15, 0.2) is 24.3 Å². The first-order chi connectivity index (χ1) is 10.0. The summed E-state index contributed by atoms with van der Waals surface area (Å²) in [4.78, 5) is 22.6. The summed E-state index contributed by atoms with van der Waals surface area (Å²) in [6.07, 6.45) is 0.334. The number of methoxy groups -OCH3 is 1. The Hall–Kier alpha value is -2.08. The molecule has 0 heterocycles. The van der Waals surface area contributed by atoms with Crippen LogP contribution in [0.1, 0.15) is 18.4 Å². The fourth-order valence-corrected chi connectivity index (χ4v) is 1.66. The van der Waals surface area contributed by atoms with E-state index in [9.17, 15) is 9.59 Å². The van der Waals surface area contributed by atoms with E-state index in [4.69, 9.17) is 14.6 Å². The topological polar surface area (TPSA) is 84.9 Å². The number of carboxylic acid groups (broad SMARTS) is 1. The molecule has 2 N–H and O–H groups in total. The average molecular weight is 295 g/mol.